The van der Waals surface area contributed by atoms with Crippen LogP contribution in [0.15, 0.2) is 48.6 Å². The second-order valence-electron chi connectivity index (χ2n) is 6.71. The maximum atomic E-state index is 12.0. The van der Waals surface area contributed by atoms with Gasteiger partial charge in [0.2, 0.25) is 0 Å². The Balaban J connectivity index is 2.50. The Kier molecular flexibility index (Phi) is 4.93. The third-order valence-electron chi connectivity index (χ3n) is 4.62. The molecule has 0 heterocycles. The molecule has 2 rings (SSSR count). The minimum absolute atomic E-state index is 0.0715. The number of carbonyl (C=O) groups excluding carboxylic acids is 1. The van der Waals surface area contributed by atoms with E-state index >= 15 is 0 Å². The Bertz CT molecular complexity index is 735. The lowest BCUT2D eigenvalue weighted by Gasteiger charge is -2.33. The van der Waals surface area contributed by atoms with Crippen LogP contribution in [0.1, 0.15) is 51.7 Å². The quantitative estimate of drug-likeness (QED) is 0.545. The molecule has 0 radical (unpaired) electrons. The molecule has 0 aliphatic heterocycles. The van der Waals surface area contributed by atoms with Crippen LogP contribution in [0.3, 0.4) is 0 Å². The van der Waals surface area contributed by atoms with Crippen molar-refractivity contribution in [3.63, 3.8) is 0 Å². The monoisotopic (exact) mass is 310 g/mol. The van der Waals surface area contributed by atoms with E-state index in [9.17, 15) is 4.79 Å². The molecule has 122 valence electrons. The number of ether oxygens (including phenoxy) is 1. The molecule has 2 heteroatoms. The molecule has 0 aliphatic rings. The molecule has 0 fully saturated rings. The van der Waals surface area contributed by atoms with Crippen molar-refractivity contribution < 1.29 is 9.53 Å². The van der Waals surface area contributed by atoms with Crippen LogP contribution in [0.4, 0.5) is 0 Å². The third-order valence-corrected chi connectivity index (χ3v) is 4.62. The smallest absolute Gasteiger partial charge is 0.333 e. The van der Waals surface area contributed by atoms with Gasteiger partial charge >= 0.3 is 5.97 Å². The van der Waals surface area contributed by atoms with Crippen LogP contribution in [-0.4, -0.2) is 11.6 Å². The summed E-state index contributed by atoms with van der Waals surface area (Å²) in [5.74, 6) is -0.264. The van der Waals surface area contributed by atoms with Gasteiger partial charge in [-0.2, -0.15) is 0 Å². The average Bonchev–Trinajstić information content (AvgIpc) is 2.52. The largest absolute Gasteiger partial charge is 0.456 e. The molecule has 23 heavy (non-hydrogen) atoms. The van der Waals surface area contributed by atoms with E-state index in [1.54, 1.807) is 6.92 Å². The Morgan fingerprint density at radius 3 is 2.39 bits per heavy atom. The maximum absolute atomic E-state index is 12.0. The lowest BCUT2D eigenvalue weighted by atomic mass is 9.82. The van der Waals surface area contributed by atoms with E-state index < -0.39 is 5.60 Å². The van der Waals surface area contributed by atoms with Gasteiger partial charge in [-0.05, 0) is 49.1 Å². The zero-order chi connectivity index (χ0) is 17.2. The van der Waals surface area contributed by atoms with Crippen molar-refractivity contribution in [3.8, 4) is 0 Å². The standard InChI is InChI=1S/C21H26O2/c1-7-16-10-8-11-17-12-9-13-18(19(16)17)15(4)21(5,6)23-20(22)14(2)3/h8-13,15H,2,7H2,1,3-6H3. The van der Waals surface area contributed by atoms with Gasteiger partial charge in [0.05, 0.1) is 0 Å². The fourth-order valence-corrected chi connectivity index (χ4v) is 2.89. The first-order valence-electron chi connectivity index (χ1n) is 8.17. The van der Waals surface area contributed by atoms with Gasteiger partial charge in [0.1, 0.15) is 5.60 Å². The maximum Gasteiger partial charge on any atom is 0.333 e. The zero-order valence-electron chi connectivity index (χ0n) is 14.8. The zero-order valence-corrected chi connectivity index (χ0v) is 14.8. The molecule has 0 N–H and O–H groups in total. The molecule has 2 nitrogen and oxygen atoms in total. The number of hydrogen-bond donors (Lipinski definition) is 0. The van der Waals surface area contributed by atoms with Crippen molar-refractivity contribution in [2.75, 3.05) is 0 Å². The van der Waals surface area contributed by atoms with Gasteiger partial charge < -0.3 is 4.74 Å². The first kappa shape index (κ1) is 17.3. The van der Waals surface area contributed by atoms with Crippen LogP contribution < -0.4 is 0 Å². The minimum atomic E-state index is -0.606. The van der Waals surface area contributed by atoms with Crippen LogP contribution in [-0.2, 0) is 16.0 Å². The highest BCUT2D eigenvalue weighted by atomic mass is 16.6. The van der Waals surface area contributed by atoms with Crippen molar-refractivity contribution in [2.45, 2.75) is 52.6 Å². The molecular weight excluding hydrogens is 284 g/mol. The van der Waals surface area contributed by atoms with Crippen molar-refractivity contribution in [1.82, 2.24) is 0 Å². The molecule has 0 bridgehead atoms. The topological polar surface area (TPSA) is 26.3 Å². The number of carbonyl (C=O) groups is 1. The van der Waals surface area contributed by atoms with Crippen LogP contribution in [0.2, 0.25) is 0 Å². The Labute approximate surface area is 139 Å². The first-order chi connectivity index (χ1) is 10.8. The molecule has 0 aromatic heterocycles. The average molecular weight is 310 g/mol. The summed E-state index contributed by atoms with van der Waals surface area (Å²) in [6, 6.07) is 12.8. The van der Waals surface area contributed by atoms with Crippen LogP contribution in [0.25, 0.3) is 10.8 Å². The van der Waals surface area contributed by atoms with Gasteiger partial charge in [-0.3, -0.25) is 0 Å². The summed E-state index contributed by atoms with van der Waals surface area (Å²) in [4.78, 5) is 12.0. The molecule has 0 saturated carbocycles. The molecule has 2 aromatic carbocycles. The van der Waals surface area contributed by atoms with Gasteiger partial charge in [0.25, 0.3) is 0 Å². The van der Waals surface area contributed by atoms with E-state index in [0.717, 1.165) is 6.42 Å². The summed E-state index contributed by atoms with van der Waals surface area (Å²) in [6.45, 7) is 13.6. The summed E-state index contributed by atoms with van der Waals surface area (Å²) in [5.41, 5.74) is 2.37. The van der Waals surface area contributed by atoms with Crippen LogP contribution >= 0.6 is 0 Å². The summed E-state index contributed by atoms with van der Waals surface area (Å²) in [7, 11) is 0. The van der Waals surface area contributed by atoms with Gasteiger partial charge in [0.15, 0.2) is 0 Å². The third kappa shape index (κ3) is 3.47. The van der Waals surface area contributed by atoms with E-state index in [4.69, 9.17) is 4.74 Å². The normalized spacial score (nSPS) is 12.9. The number of benzene rings is 2. The Morgan fingerprint density at radius 1 is 1.22 bits per heavy atom. The van der Waals surface area contributed by atoms with Gasteiger partial charge in [-0.15, -0.1) is 0 Å². The second kappa shape index (κ2) is 6.57. The van der Waals surface area contributed by atoms with Crippen LogP contribution in [0.5, 0.6) is 0 Å². The van der Waals surface area contributed by atoms with Crippen molar-refractivity contribution >= 4 is 16.7 Å². The predicted octanol–water partition coefficient (Wildman–Crippen LogP) is 5.40. The highest BCUT2D eigenvalue weighted by Crippen LogP contribution is 2.36. The van der Waals surface area contributed by atoms with Gasteiger partial charge in [-0.25, -0.2) is 4.79 Å². The Morgan fingerprint density at radius 2 is 1.83 bits per heavy atom. The number of aryl methyl sites for hydroxylation is 1. The number of rotatable bonds is 5. The van der Waals surface area contributed by atoms with Crippen molar-refractivity contribution in [1.29, 1.82) is 0 Å². The second-order valence-corrected chi connectivity index (χ2v) is 6.71. The van der Waals surface area contributed by atoms with E-state index in [-0.39, 0.29) is 11.9 Å². The molecular formula is C21H26O2. The van der Waals surface area contributed by atoms with E-state index in [0.29, 0.717) is 5.57 Å². The summed E-state index contributed by atoms with van der Waals surface area (Å²) < 4.78 is 5.70. The molecule has 2 aromatic rings. The molecule has 0 saturated heterocycles. The molecule has 0 spiro atoms. The molecule has 1 unspecified atom stereocenters. The number of esters is 1. The number of hydrogen-bond acceptors (Lipinski definition) is 2. The fourth-order valence-electron chi connectivity index (χ4n) is 2.89. The van der Waals surface area contributed by atoms with Crippen LogP contribution in [0, 0.1) is 0 Å². The van der Waals surface area contributed by atoms with E-state index in [1.165, 1.54) is 21.9 Å². The SMILES string of the molecule is C=C(C)C(=O)OC(C)(C)C(C)c1cccc2cccc(CC)c12. The van der Waals surface area contributed by atoms with Crippen molar-refractivity contribution in [3.05, 3.63) is 59.7 Å². The highest BCUT2D eigenvalue weighted by Gasteiger charge is 2.32. The van der Waals surface area contributed by atoms with Gasteiger partial charge in [-0.1, -0.05) is 56.8 Å². The lowest BCUT2D eigenvalue weighted by molar-refractivity contribution is -0.153. The van der Waals surface area contributed by atoms with Gasteiger partial charge in [0, 0.05) is 11.5 Å². The molecule has 0 aliphatic carbocycles. The predicted molar refractivity (Wildman–Crippen MR) is 96.7 cm³/mol. The van der Waals surface area contributed by atoms with E-state index in [1.807, 2.05) is 13.8 Å². The van der Waals surface area contributed by atoms with E-state index in [2.05, 4.69) is 56.8 Å². The molecule has 0 amide bonds. The summed E-state index contributed by atoms with van der Waals surface area (Å²) >= 11 is 0. The molecule has 1 atom stereocenters. The lowest BCUT2D eigenvalue weighted by Crippen LogP contribution is -2.34. The Hall–Kier alpha value is -2.09. The summed E-state index contributed by atoms with van der Waals surface area (Å²) in [5, 5.41) is 2.51. The summed E-state index contributed by atoms with van der Waals surface area (Å²) in [6.07, 6.45) is 0.979. The number of fused-ring (bicyclic) bond motifs is 1. The fraction of sp³-hybridized carbons (Fsp3) is 0.381. The van der Waals surface area contributed by atoms with Crippen molar-refractivity contribution in [2.24, 2.45) is 0 Å². The minimum Gasteiger partial charge on any atom is -0.456 e. The first-order valence-corrected chi connectivity index (χ1v) is 8.17. The highest BCUT2D eigenvalue weighted by molar-refractivity contribution is 5.90.